The average Bonchev–Trinajstić information content (AvgIpc) is 2.86. The maximum Gasteiger partial charge on any atom is 0.151 e. The number of carbonyl (C=O) groups is 1. The molecule has 1 aromatic rings. The van der Waals surface area contributed by atoms with Crippen molar-refractivity contribution < 1.29 is 13.7 Å². The standard InChI is InChI=1S/C14H18O3S/c1-10-3-4-13(7-11(10)2)18(16)9-14(15)12-5-6-17-8-12/h3-4,7,12H,5-6,8-9H2,1-2H3. The number of benzene rings is 1. The number of Topliss-reactive ketones (excluding diaryl/α,β-unsaturated/α-hetero) is 1. The van der Waals surface area contributed by atoms with E-state index in [1.165, 1.54) is 5.56 Å². The van der Waals surface area contributed by atoms with Gasteiger partial charge in [0.15, 0.2) is 5.78 Å². The number of hydrogen-bond acceptors (Lipinski definition) is 3. The fourth-order valence-corrected chi connectivity index (χ4v) is 3.16. The first-order chi connectivity index (χ1) is 8.58. The molecule has 0 bridgehead atoms. The van der Waals surface area contributed by atoms with Crippen molar-refractivity contribution in [2.24, 2.45) is 5.92 Å². The predicted molar refractivity (Wildman–Crippen MR) is 71.1 cm³/mol. The first kappa shape index (κ1) is 13.4. The molecule has 0 N–H and O–H groups in total. The monoisotopic (exact) mass is 266 g/mol. The molecule has 98 valence electrons. The molecule has 0 amide bonds. The molecule has 1 saturated heterocycles. The van der Waals surface area contributed by atoms with Gasteiger partial charge in [-0.25, -0.2) is 0 Å². The summed E-state index contributed by atoms with van der Waals surface area (Å²) in [4.78, 5) is 12.6. The molecule has 1 aliphatic heterocycles. The van der Waals surface area contributed by atoms with Gasteiger partial charge in [-0.3, -0.25) is 9.00 Å². The summed E-state index contributed by atoms with van der Waals surface area (Å²) in [5.41, 5.74) is 2.28. The van der Waals surface area contributed by atoms with Crippen LogP contribution in [0.25, 0.3) is 0 Å². The Morgan fingerprint density at radius 1 is 1.39 bits per heavy atom. The van der Waals surface area contributed by atoms with E-state index in [-0.39, 0.29) is 17.5 Å². The smallest absolute Gasteiger partial charge is 0.151 e. The molecule has 2 unspecified atom stereocenters. The summed E-state index contributed by atoms with van der Waals surface area (Å²) < 4.78 is 17.3. The molecule has 0 aromatic heterocycles. The summed E-state index contributed by atoms with van der Waals surface area (Å²) in [5, 5.41) is 0. The third-order valence-electron chi connectivity index (χ3n) is 3.40. The molecular formula is C14H18O3S. The molecular weight excluding hydrogens is 248 g/mol. The molecule has 1 fully saturated rings. The highest BCUT2D eigenvalue weighted by molar-refractivity contribution is 7.85. The first-order valence-corrected chi connectivity index (χ1v) is 7.46. The van der Waals surface area contributed by atoms with Crippen LogP contribution < -0.4 is 0 Å². The SMILES string of the molecule is Cc1ccc(S(=O)CC(=O)C2CCOC2)cc1C. The van der Waals surface area contributed by atoms with Crippen molar-refractivity contribution in [3.8, 4) is 0 Å². The van der Waals surface area contributed by atoms with Gasteiger partial charge in [0.25, 0.3) is 0 Å². The summed E-state index contributed by atoms with van der Waals surface area (Å²) in [5.74, 6) is 0.112. The molecule has 0 spiro atoms. The van der Waals surface area contributed by atoms with Crippen LogP contribution in [0.2, 0.25) is 0 Å². The molecule has 0 aliphatic carbocycles. The molecule has 1 heterocycles. The van der Waals surface area contributed by atoms with Crippen molar-refractivity contribution in [1.29, 1.82) is 0 Å². The van der Waals surface area contributed by atoms with Gasteiger partial charge in [0.2, 0.25) is 0 Å². The topological polar surface area (TPSA) is 43.4 Å². The van der Waals surface area contributed by atoms with Gasteiger partial charge in [-0.2, -0.15) is 0 Å². The summed E-state index contributed by atoms with van der Waals surface area (Å²) in [6.45, 7) is 5.14. The second kappa shape index (κ2) is 5.76. The minimum absolute atomic E-state index is 0.0551. The van der Waals surface area contributed by atoms with Crippen molar-refractivity contribution in [1.82, 2.24) is 0 Å². The van der Waals surface area contributed by atoms with Crippen molar-refractivity contribution in [2.45, 2.75) is 25.2 Å². The summed E-state index contributed by atoms with van der Waals surface area (Å²) in [6, 6.07) is 5.70. The summed E-state index contributed by atoms with van der Waals surface area (Å²) in [7, 11) is -1.23. The quantitative estimate of drug-likeness (QED) is 0.837. The number of carbonyl (C=O) groups excluding carboxylic acids is 1. The Morgan fingerprint density at radius 3 is 2.78 bits per heavy atom. The largest absolute Gasteiger partial charge is 0.381 e. The maximum absolute atomic E-state index is 12.1. The van der Waals surface area contributed by atoms with Crippen molar-refractivity contribution >= 4 is 16.6 Å². The zero-order valence-electron chi connectivity index (χ0n) is 10.8. The highest BCUT2D eigenvalue weighted by Crippen LogP contribution is 2.17. The molecule has 0 radical (unpaired) electrons. The van der Waals surface area contributed by atoms with E-state index in [0.717, 1.165) is 16.9 Å². The van der Waals surface area contributed by atoms with E-state index in [1.54, 1.807) is 0 Å². The molecule has 1 aliphatic rings. The lowest BCUT2D eigenvalue weighted by atomic mass is 10.1. The zero-order valence-corrected chi connectivity index (χ0v) is 11.6. The van der Waals surface area contributed by atoms with Crippen LogP contribution in [-0.2, 0) is 20.3 Å². The van der Waals surface area contributed by atoms with Crippen LogP contribution in [-0.4, -0.2) is 29.0 Å². The van der Waals surface area contributed by atoms with Crippen LogP contribution in [0.3, 0.4) is 0 Å². The number of ether oxygens (including phenoxy) is 1. The van der Waals surface area contributed by atoms with E-state index >= 15 is 0 Å². The second-order valence-electron chi connectivity index (χ2n) is 4.76. The average molecular weight is 266 g/mol. The third-order valence-corrected chi connectivity index (χ3v) is 4.73. The summed E-state index contributed by atoms with van der Waals surface area (Å²) >= 11 is 0. The lowest BCUT2D eigenvalue weighted by Crippen LogP contribution is -2.21. The van der Waals surface area contributed by atoms with Crippen molar-refractivity contribution in [2.75, 3.05) is 19.0 Å². The van der Waals surface area contributed by atoms with Gasteiger partial charge in [0, 0.05) is 17.4 Å². The van der Waals surface area contributed by atoms with Crippen LogP contribution in [0.5, 0.6) is 0 Å². The van der Waals surface area contributed by atoms with E-state index in [4.69, 9.17) is 4.74 Å². The Balaban J connectivity index is 2.02. The van der Waals surface area contributed by atoms with Gasteiger partial charge in [-0.05, 0) is 43.5 Å². The van der Waals surface area contributed by atoms with E-state index in [2.05, 4.69) is 0 Å². The zero-order chi connectivity index (χ0) is 13.1. The first-order valence-electron chi connectivity index (χ1n) is 6.14. The molecule has 3 nitrogen and oxygen atoms in total. The molecule has 2 rings (SSSR count). The van der Waals surface area contributed by atoms with Crippen LogP contribution >= 0.6 is 0 Å². The van der Waals surface area contributed by atoms with Gasteiger partial charge >= 0.3 is 0 Å². The van der Waals surface area contributed by atoms with E-state index in [0.29, 0.717) is 13.2 Å². The highest BCUT2D eigenvalue weighted by atomic mass is 32.2. The molecule has 0 saturated carbocycles. The van der Waals surface area contributed by atoms with Gasteiger partial charge in [0.1, 0.15) is 0 Å². The lowest BCUT2D eigenvalue weighted by molar-refractivity contribution is -0.120. The number of rotatable bonds is 4. The molecule has 4 heteroatoms. The Hall–Kier alpha value is -1.00. The minimum atomic E-state index is -1.23. The Morgan fingerprint density at radius 2 is 2.17 bits per heavy atom. The Labute approximate surface area is 110 Å². The van der Waals surface area contributed by atoms with Crippen molar-refractivity contribution in [3.63, 3.8) is 0 Å². The van der Waals surface area contributed by atoms with Crippen LogP contribution in [0, 0.1) is 19.8 Å². The second-order valence-corrected chi connectivity index (χ2v) is 6.21. The van der Waals surface area contributed by atoms with Gasteiger partial charge in [0.05, 0.1) is 23.2 Å². The number of ketones is 1. The van der Waals surface area contributed by atoms with Gasteiger partial charge in [-0.1, -0.05) is 6.07 Å². The fourth-order valence-electron chi connectivity index (χ4n) is 1.97. The van der Waals surface area contributed by atoms with Gasteiger partial charge in [-0.15, -0.1) is 0 Å². The predicted octanol–water partition coefficient (Wildman–Crippen LogP) is 2.02. The van der Waals surface area contributed by atoms with Gasteiger partial charge < -0.3 is 4.74 Å². The van der Waals surface area contributed by atoms with Crippen LogP contribution in [0.1, 0.15) is 17.5 Å². The van der Waals surface area contributed by atoms with Crippen LogP contribution in [0.4, 0.5) is 0 Å². The maximum atomic E-state index is 12.1. The molecule has 1 aromatic carbocycles. The van der Waals surface area contributed by atoms with E-state index in [1.807, 2.05) is 32.0 Å². The highest BCUT2D eigenvalue weighted by Gasteiger charge is 2.25. The van der Waals surface area contributed by atoms with E-state index in [9.17, 15) is 9.00 Å². The normalized spacial score (nSPS) is 20.9. The summed E-state index contributed by atoms with van der Waals surface area (Å²) in [6.07, 6.45) is 0.767. The minimum Gasteiger partial charge on any atom is -0.381 e. The third kappa shape index (κ3) is 3.06. The molecule has 18 heavy (non-hydrogen) atoms. The lowest BCUT2D eigenvalue weighted by Gasteiger charge is -2.08. The van der Waals surface area contributed by atoms with Crippen molar-refractivity contribution in [3.05, 3.63) is 29.3 Å². The van der Waals surface area contributed by atoms with Crippen LogP contribution in [0.15, 0.2) is 23.1 Å². The number of aryl methyl sites for hydroxylation is 2. The van der Waals surface area contributed by atoms with E-state index < -0.39 is 10.8 Å². The Bertz CT molecular complexity index is 476. The fraction of sp³-hybridized carbons (Fsp3) is 0.500. The Kier molecular flexibility index (Phi) is 4.30. The number of hydrogen-bond donors (Lipinski definition) is 0. The molecule has 2 atom stereocenters.